The van der Waals surface area contributed by atoms with E-state index in [1.54, 1.807) is 0 Å². The molecule has 53 heavy (non-hydrogen) atoms. The largest absolute Gasteiger partial charge is 0.362 e. The zero-order valence-corrected chi connectivity index (χ0v) is 29.2. The smallest absolute Gasteiger partial charge is 0.0978 e. The van der Waals surface area contributed by atoms with Crippen LogP contribution >= 0.6 is 0 Å². The van der Waals surface area contributed by atoms with Crippen molar-refractivity contribution >= 4 is 44.5 Å². The Balaban J connectivity index is 1.12. The van der Waals surface area contributed by atoms with E-state index in [0.717, 1.165) is 83.3 Å². The van der Waals surface area contributed by atoms with Crippen LogP contribution < -0.4 is 4.90 Å². The van der Waals surface area contributed by atoms with E-state index in [4.69, 9.17) is 15.0 Å². The molecule has 0 radical (unpaired) electrons. The van der Waals surface area contributed by atoms with Crippen molar-refractivity contribution in [2.75, 3.05) is 11.9 Å². The highest BCUT2D eigenvalue weighted by atomic mass is 15.1. The lowest BCUT2D eigenvalue weighted by Crippen LogP contribution is -2.25. The van der Waals surface area contributed by atoms with Crippen molar-refractivity contribution in [1.82, 2.24) is 15.0 Å². The predicted molar refractivity (Wildman–Crippen MR) is 221 cm³/mol. The molecule has 0 N–H and O–H groups in total. The number of hydrogen-bond acceptors (Lipinski definition) is 4. The highest BCUT2D eigenvalue weighted by Gasteiger charge is 2.24. The molecule has 4 heteroatoms. The minimum Gasteiger partial charge on any atom is -0.362 e. The van der Waals surface area contributed by atoms with Crippen LogP contribution in [0.2, 0.25) is 0 Å². The standard InChI is InChI=1S/C49H34N4/c1-53-45(34-16-9-4-10-17-34)29-25-37-21-20-36-24-28-43(51-47(36)49(37)53)38-18-11-19-39(30-38)44-31-41(32-12-5-2-6-13-32)40-26-22-35-23-27-42(33-14-7-3-8-15-33)50-46(35)48(40)52-44/h2-31,45H,1H3. The monoisotopic (exact) mass is 678 g/mol. The van der Waals surface area contributed by atoms with E-state index in [1.165, 1.54) is 11.1 Å². The summed E-state index contributed by atoms with van der Waals surface area (Å²) in [5.74, 6) is 0. The van der Waals surface area contributed by atoms with Crippen LogP contribution in [0.5, 0.6) is 0 Å². The third-order valence-electron chi connectivity index (χ3n) is 10.5. The molecular weight excluding hydrogens is 645 g/mol. The molecule has 3 aromatic heterocycles. The van der Waals surface area contributed by atoms with E-state index in [-0.39, 0.29) is 6.04 Å². The third-order valence-corrected chi connectivity index (χ3v) is 10.5. The molecule has 0 spiro atoms. The maximum atomic E-state index is 5.39. The van der Waals surface area contributed by atoms with Crippen molar-refractivity contribution in [1.29, 1.82) is 0 Å². The van der Waals surface area contributed by atoms with Gasteiger partial charge in [-0.15, -0.1) is 0 Å². The molecule has 4 heterocycles. The number of rotatable bonds is 5. The molecule has 1 unspecified atom stereocenters. The van der Waals surface area contributed by atoms with Gasteiger partial charge in [-0.2, -0.15) is 0 Å². The number of likely N-dealkylation sites (N-methyl/N-ethyl adjacent to an activating group) is 1. The minimum absolute atomic E-state index is 0.134. The molecule has 250 valence electrons. The van der Waals surface area contributed by atoms with Crippen LogP contribution in [0.4, 0.5) is 5.69 Å². The van der Waals surface area contributed by atoms with Crippen LogP contribution in [-0.4, -0.2) is 22.0 Å². The molecule has 1 atom stereocenters. The van der Waals surface area contributed by atoms with Crippen molar-refractivity contribution in [3.8, 4) is 44.9 Å². The zero-order valence-electron chi connectivity index (χ0n) is 29.2. The first-order chi connectivity index (χ1) is 26.2. The Hall–Kier alpha value is -6.91. The Morgan fingerprint density at radius 3 is 1.77 bits per heavy atom. The minimum atomic E-state index is 0.134. The topological polar surface area (TPSA) is 41.9 Å². The highest BCUT2D eigenvalue weighted by Crippen LogP contribution is 2.41. The Labute approximate surface area is 308 Å². The van der Waals surface area contributed by atoms with E-state index in [0.29, 0.717) is 0 Å². The van der Waals surface area contributed by atoms with Crippen molar-refractivity contribution in [3.63, 3.8) is 0 Å². The molecular formula is C49H34N4. The van der Waals surface area contributed by atoms with Gasteiger partial charge in [0.15, 0.2) is 0 Å². The van der Waals surface area contributed by atoms with E-state index >= 15 is 0 Å². The van der Waals surface area contributed by atoms with Gasteiger partial charge in [0.2, 0.25) is 0 Å². The number of aromatic nitrogens is 3. The second kappa shape index (κ2) is 12.7. The van der Waals surface area contributed by atoms with Crippen LogP contribution in [0.3, 0.4) is 0 Å². The fourth-order valence-electron chi connectivity index (χ4n) is 7.79. The van der Waals surface area contributed by atoms with Gasteiger partial charge in [-0.1, -0.05) is 158 Å². The first-order valence-corrected chi connectivity index (χ1v) is 18.0. The lowest BCUT2D eigenvalue weighted by molar-refractivity contribution is 0.807. The van der Waals surface area contributed by atoms with E-state index in [2.05, 4.69) is 188 Å². The van der Waals surface area contributed by atoms with Gasteiger partial charge in [0.05, 0.1) is 45.4 Å². The number of anilines is 1. The van der Waals surface area contributed by atoms with E-state index in [1.807, 2.05) is 6.07 Å². The third kappa shape index (κ3) is 5.44. The fourth-order valence-corrected chi connectivity index (χ4v) is 7.79. The van der Waals surface area contributed by atoms with Gasteiger partial charge >= 0.3 is 0 Å². The first-order valence-electron chi connectivity index (χ1n) is 18.0. The lowest BCUT2D eigenvalue weighted by atomic mass is 9.95. The van der Waals surface area contributed by atoms with Crippen molar-refractivity contribution in [2.24, 2.45) is 0 Å². The molecule has 1 aliphatic rings. The molecule has 0 fully saturated rings. The number of nitrogens with zero attached hydrogens (tertiary/aromatic N) is 4. The van der Waals surface area contributed by atoms with Crippen molar-refractivity contribution < 1.29 is 0 Å². The van der Waals surface area contributed by atoms with Crippen LogP contribution in [0, 0.1) is 0 Å². The Bertz CT molecular complexity index is 2850. The second-order valence-corrected chi connectivity index (χ2v) is 13.7. The molecule has 0 aliphatic carbocycles. The first kappa shape index (κ1) is 30.9. The Kier molecular flexibility index (Phi) is 7.40. The number of hydrogen-bond donors (Lipinski definition) is 0. The summed E-state index contributed by atoms with van der Waals surface area (Å²) in [5.41, 5.74) is 14.5. The number of pyridine rings is 3. The quantitative estimate of drug-likeness (QED) is 0.170. The van der Waals surface area contributed by atoms with Crippen LogP contribution in [0.1, 0.15) is 17.2 Å². The molecule has 9 aromatic rings. The summed E-state index contributed by atoms with van der Waals surface area (Å²) in [4.78, 5) is 18.3. The van der Waals surface area contributed by atoms with Gasteiger partial charge in [-0.05, 0) is 46.5 Å². The molecule has 4 nitrogen and oxygen atoms in total. The summed E-state index contributed by atoms with van der Waals surface area (Å²) in [5, 5.41) is 3.26. The number of fused-ring (bicyclic) bond motifs is 6. The molecule has 10 rings (SSSR count). The van der Waals surface area contributed by atoms with Gasteiger partial charge in [-0.3, -0.25) is 0 Å². The van der Waals surface area contributed by atoms with Gasteiger partial charge in [0, 0.05) is 39.9 Å². The fraction of sp³-hybridized carbons (Fsp3) is 0.0408. The molecule has 0 bridgehead atoms. The van der Waals surface area contributed by atoms with Crippen LogP contribution in [0.25, 0.3) is 83.7 Å². The average Bonchev–Trinajstić information content (AvgIpc) is 3.23. The molecule has 0 saturated carbocycles. The van der Waals surface area contributed by atoms with Gasteiger partial charge in [0.1, 0.15) is 0 Å². The SMILES string of the molecule is CN1c2c(ccc3ccc(-c4cccc(-c5cc(-c6ccccc6)c6ccc7ccc(-c8ccccc8)nc7c6n5)c4)nc23)C=CC1c1ccccc1. The van der Waals surface area contributed by atoms with Gasteiger partial charge in [0.25, 0.3) is 0 Å². The molecule has 0 amide bonds. The normalized spacial score (nSPS) is 13.8. The molecule has 6 aromatic carbocycles. The van der Waals surface area contributed by atoms with Crippen LogP contribution in [0.15, 0.2) is 176 Å². The summed E-state index contributed by atoms with van der Waals surface area (Å²) in [6.45, 7) is 0. The Morgan fingerprint density at radius 1 is 0.453 bits per heavy atom. The van der Waals surface area contributed by atoms with E-state index in [9.17, 15) is 0 Å². The predicted octanol–water partition coefficient (Wildman–Crippen LogP) is 12.2. The summed E-state index contributed by atoms with van der Waals surface area (Å²) >= 11 is 0. The second-order valence-electron chi connectivity index (χ2n) is 13.7. The molecule has 1 aliphatic heterocycles. The summed E-state index contributed by atoms with van der Waals surface area (Å²) in [6.07, 6.45) is 4.51. The lowest BCUT2D eigenvalue weighted by Gasteiger charge is -2.33. The average molecular weight is 679 g/mol. The Morgan fingerprint density at radius 2 is 1.02 bits per heavy atom. The van der Waals surface area contributed by atoms with Crippen molar-refractivity contribution in [3.05, 3.63) is 187 Å². The summed E-state index contributed by atoms with van der Waals surface area (Å²) < 4.78 is 0. The maximum absolute atomic E-state index is 5.39. The maximum Gasteiger partial charge on any atom is 0.0978 e. The summed E-state index contributed by atoms with van der Waals surface area (Å²) in [7, 11) is 2.17. The van der Waals surface area contributed by atoms with Crippen molar-refractivity contribution in [2.45, 2.75) is 6.04 Å². The molecule has 0 saturated heterocycles. The van der Waals surface area contributed by atoms with Gasteiger partial charge < -0.3 is 4.90 Å². The number of benzene rings is 6. The highest BCUT2D eigenvalue weighted by molar-refractivity contribution is 6.09. The van der Waals surface area contributed by atoms with Crippen LogP contribution in [-0.2, 0) is 0 Å². The van der Waals surface area contributed by atoms with Gasteiger partial charge in [-0.25, -0.2) is 15.0 Å². The zero-order chi connectivity index (χ0) is 35.3. The summed E-state index contributed by atoms with van der Waals surface area (Å²) in [6, 6.07) is 59.9. The van der Waals surface area contributed by atoms with E-state index < -0.39 is 0 Å².